The van der Waals surface area contributed by atoms with Crippen LogP contribution in [0.2, 0.25) is 0 Å². The standard InChI is InChI=1S/C34H38O6/c1-19-17-33-20(2)15-25-27(32(25,3)4)24(29(33)37)16-23(18-35)28(36)34(33,39)30(19)40-31(38)26(21-11-7-5-8-12-21)22-13-9-6-10-14-22/h5-14,16-17,20,24-28,30,35-36,39H,15,18H2,1-4H3/t20-,24+,25-,27+,28-,30+,33-,34+/m1/s1. The first kappa shape index (κ1) is 27.1. The Morgan fingerprint density at radius 2 is 1.62 bits per heavy atom. The zero-order chi connectivity index (χ0) is 28.6. The van der Waals surface area contributed by atoms with Gasteiger partial charge in [-0.2, -0.15) is 0 Å². The van der Waals surface area contributed by atoms with Crippen LogP contribution in [-0.4, -0.2) is 51.5 Å². The van der Waals surface area contributed by atoms with Crippen LogP contribution in [0.4, 0.5) is 0 Å². The third kappa shape index (κ3) is 3.52. The van der Waals surface area contributed by atoms with Crippen molar-refractivity contribution in [2.24, 2.45) is 34.5 Å². The minimum atomic E-state index is -2.16. The molecule has 6 heteroatoms. The molecule has 0 saturated heterocycles. The molecule has 0 radical (unpaired) electrons. The number of benzene rings is 2. The number of Topliss-reactive ketones (excluding diaryl/α,β-unsaturated/α-hetero) is 1. The number of ether oxygens (including phenoxy) is 1. The highest BCUT2D eigenvalue weighted by Gasteiger charge is 2.76. The second kappa shape index (κ2) is 9.23. The van der Waals surface area contributed by atoms with Crippen LogP contribution in [0.3, 0.4) is 0 Å². The maximum absolute atomic E-state index is 14.6. The lowest BCUT2D eigenvalue weighted by atomic mass is 9.59. The van der Waals surface area contributed by atoms with Gasteiger partial charge in [-0.3, -0.25) is 9.59 Å². The number of aliphatic hydroxyl groups excluding tert-OH is 2. The van der Waals surface area contributed by atoms with E-state index in [1.165, 1.54) is 0 Å². The lowest BCUT2D eigenvalue weighted by Crippen LogP contribution is -2.66. The van der Waals surface area contributed by atoms with Crippen LogP contribution in [0, 0.1) is 34.5 Å². The number of allylic oxidation sites excluding steroid dienone is 1. The predicted molar refractivity (Wildman–Crippen MR) is 150 cm³/mol. The molecule has 0 heterocycles. The Kier molecular flexibility index (Phi) is 6.26. The molecular weight excluding hydrogens is 504 g/mol. The first-order chi connectivity index (χ1) is 19.0. The third-order valence-electron chi connectivity index (χ3n) is 10.6. The minimum absolute atomic E-state index is 0.0531. The number of carbonyl (C=O) groups is 2. The predicted octanol–water partition coefficient (Wildman–Crippen LogP) is 4.20. The smallest absolute Gasteiger partial charge is 0.318 e. The van der Waals surface area contributed by atoms with Crippen LogP contribution in [0.15, 0.2) is 84.0 Å². The molecule has 2 fully saturated rings. The van der Waals surface area contributed by atoms with E-state index in [-0.39, 0.29) is 34.5 Å². The van der Waals surface area contributed by atoms with E-state index in [4.69, 9.17) is 4.74 Å². The van der Waals surface area contributed by atoms with Gasteiger partial charge < -0.3 is 20.1 Å². The normalized spacial score (nSPS) is 37.5. The van der Waals surface area contributed by atoms with Crippen LogP contribution in [0.25, 0.3) is 0 Å². The molecule has 0 amide bonds. The summed E-state index contributed by atoms with van der Waals surface area (Å²) < 4.78 is 6.21. The fourth-order valence-corrected chi connectivity index (χ4v) is 8.53. The molecule has 1 spiro atoms. The van der Waals surface area contributed by atoms with Gasteiger partial charge in [0.25, 0.3) is 0 Å². The lowest BCUT2D eigenvalue weighted by Gasteiger charge is -2.49. The molecule has 2 aromatic carbocycles. The van der Waals surface area contributed by atoms with Crippen LogP contribution in [0.1, 0.15) is 51.2 Å². The first-order valence-corrected chi connectivity index (χ1v) is 14.3. The number of aliphatic hydroxyl groups is 3. The Bertz CT molecular complexity index is 1350. The molecule has 8 atom stereocenters. The molecule has 4 aliphatic carbocycles. The maximum atomic E-state index is 14.6. The summed E-state index contributed by atoms with van der Waals surface area (Å²) in [6.07, 6.45) is 1.30. The maximum Gasteiger partial charge on any atom is 0.318 e. The van der Waals surface area contributed by atoms with Crippen LogP contribution in [-0.2, 0) is 14.3 Å². The molecule has 3 N–H and O–H groups in total. The van der Waals surface area contributed by atoms with Gasteiger partial charge in [0.15, 0.2) is 17.5 Å². The van der Waals surface area contributed by atoms with Crippen molar-refractivity contribution < 1.29 is 29.6 Å². The fourth-order valence-electron chi connectivity index (χ4n) is 8.53. The van der Waals surface area contributed by atoms with Crippen molar-refractivity contribution in [2.45, 2.75) is 57.8 Å². The van der Waals surface area contributed by atoms with E-state index in [2.05, 4.69) is 13.8 Å². The number of fused-ring (bicyclic) bond motifs is 3. The number of ketones is 1. The van der Waals surface area contributed by atoms with Crippen molar-refractivity contribution in [1.29, 1.82) is 0 Å². The average molecular weight is 543 g/mol. The molecule has 4 aliphatic rings. The van der Waals surface area contributed by atoms with E-state index in [9.17, 15) is 24.9 Å². The van der Waals surface area contributed by atoms with Gasteiger partial charge in [0.2, 0.25) is 0 Å². The van der Waals surface area contributed by atoms with Crippen molar-refractivity contribution in [3.8, 4) is 0 Å². The summed E-state index contributed by atoms with van der Waals surface area (Å²) in [5.74, 6) is -2.03. The second-order valence-corrected chi connectivity index (χ2v) is 12.9. The minimum Gasteiger partial charge on any atom is -0.454 e. The van der Waals surface area contributed by atoms with E-state index in [0.717, 1.165) is 11.1 Å². The summed E-state index contributed by atoms with van der Waals surface area (Å²) in [5, 5.41) is 34.8. The van der Waals surface area contributed by atoms with Crippen molar-refractivity contribution in [2.75, 3.05) is 6.61 Å². The molecule has 2 saturated carbocycles. The summed E-state index contributed by atoms with van der Waals surface area (Å²) in [6, 6.07) is 18.6. The largest absolute Gasteiger partial charge is 0.454 e. The zero-order valence-electron chi connectivity index (χ0n) is 23.5. The van der Waals surface area contributed by atoms with E-state index < -0.39 is 47.6 Å². The fraction of sp³-hybridized carbons (Fsp3) is 0.471. The summed E-state index contributed by atoms with van der Waals surface area (Å²) in [7, 11) is 0. The van der Waals surface area contributed by atoms with E-state index in [1.807, 2.05) is 67.6 Å². The molecule has 2 aromatic rings. The van der Waals surface area contributed by atoms with Crippen LogP contribution >= 0.6 is 0 Å². The SMILES string of the molecule is CC1=C[C@@]23C(=O)[C@@H](C=C(CO)[C@@H](O)[C@]2(O)[C@H]1OC(=O)C(c1ccccc1)c1ccccc1)[C@H]1[C@@H](C[C@H]3C)C1(C)C. The quantitative estimate of drug-likeness (QED) is 0.387. The number of hydrogen-bond acceptors (Lipinski definition) is 6. The molecule has 0 aliphatic heterocycles. The lowest BCUT2D eigenvalue weighted by molar-refractivity contribution is -0.203. The van der Waals surface area contributed by atoms with Crippen molar-refractivity contribution >= 4 is 11.8 Å². The number of hydrogen-bond donors (Lipinski definition) is 3. The van der Waals surface area contributed by atoms with Crippen LogP contribution < -0.4 is 0 Å². The van der Waals surface area contributed by atoms with Crippen molar-refractivity contribution in [3.63, 3.8) is 0 Å². The molecule has 40 heavy (non-hydrogen) atoms. The Morgan fingerprint density at radius 3 is 2.17 bits per heavy atom. The molecule has 0 unspecified atom stereocenters. The Hall–Kier alpha value is -3.06. The van der Waals surface area contributed by atoms with Gasteiger partial charge in [-0.15, -0.1) is 0 Å². The zero-order valence-corrected chi connectivity index (χ0v) is 23.5. The summed E-state index contributed by atoms with van der Waals surface area (Å²) in [6.45, 7) is 7.52. The highest BCUT2D eigenvalue weighted by atomic mass is 16.6. The monoisotopic (exact) mass is 542 g/mol. The molecule has 0 aromatic heterocycles. The molecule has 6 rings (SSSR count). The molecule has 6 nitrogen and oxygen atoms in total. The summed E-state index contributed by atoms with van der Waals surface area (Å²) in [4.78, 5) is 28.6. The van der Waals surface area contributed by atoms with E-state index >= 15 is 0 Å². The number of carbonyl (C=O) groups excluding carboxylic acids is 2. The van der Waals surface area contributed by atoms with Gasteiger partial charge in [-0.1, -0.05) is 93.6 Å². The molecular formula is C34H38O6. The van der Waals surface area contributed by atoms with Crippen molar-refractivity contribution in [3.05, 3.63) is 95.1 Å². The third-order valence-corrected chi connectivity index (χ3v) is 10.6. The highest BCUT2D eigenvalue weighted by molar-refractivity contribution is 5.95. The Balaban J connectivity index is 1.45. The number of rotatable bonds is 5. The van der Waals surface area contributed by atoms with E-state index in [1.54, 1.807) is 19.1 Å². The van der Waals surface area contributed by atoms with Gasteiger partial charge >= 0.3 is 5.97 Å². The van der Waals surface area contributed by atoms with Gasteiger partial charge in [0.1, 0.15) is 12.0 Å². The van der Waals surface area contributed by atoms with E-state index in [0.29, 0.717) is 12.0 Å². The molecule has 2 bridgehead atoms. The average Bonchev–Trinajstić information content (AvgIpc) is 3.43. The topological polar surface area (TPSA) is 104 Å². The Morgan fingerprint density at radius 1 is 1.05 bits per heavy atom. The Labute approximate surface area is 235 Å². The van der Waals surface area contributed by atoms with Gasteiger partial charge in [-0.25, -0.2) is 0 Å². The van der Waals surface area contributed by atoms with Gasteiger partial charge in [0, 0.05) is 5.92 Å². The van der Waals surface area contributed by atoms with Gasteiger partial charge in [-0.05, 0) is 58.8 Å². The number of esters is 1. The summed E-state index contributed by atoms with van der Waals surface area (Å²) >= 11 is 0. The van der Waals surface area contributed by atoms with Crippen molar-refractivity contribution in [1.82, 2.24) is 0 Å². The second-order valence-electron chi connectivity index (χ2n) is 12.9. The molecule has 210 valence electrons. The summed E-state index contributed by atoms with van der Waals surface area (Å²) in [5.41, 5.74) is -1.48. The highest BCUT2D eigenvalue weighted by Crippen LogP contribution is 2.71. The van der Waals surface area contributed by atoms with Gasteiger partial charge in [0.05, 0.1) is 12.0 Å². The first-order valence-electron chi connectivity index (χ1n) is 14.3. The van der Waals surface area contributed by atoms with Crippen LogP contribution in [0.5, 0.6) is 0 Å².